The van der Waals surface area contributed by atoms with E-state index >= 15 is 0 Å². The second kappa shape index (κ2) is 7.93. The second-order valence-electron chi connectivity index (χ2n) is 9.88. The Bertz CT molecular complexity index is 1050. The van der Waals surface area contributed by atoms with Crippen molar-refractivity contribution in [2.75, 3.05) is 0 Å². The number of carbonyl (C=O) groups is 1. The molecule has 1 aliphatic heterocycles. The van der Waals surface area contributed by atoms with Crippen LogP contribution in [0.3, 0.4) is 0 Å². The number of hydrogen-bond acceptors (Lipinski definition) is 2. The van der Waals surface area contributed by atoms with Crippen molar-refractivity contribution in [3.63, 3.8) is 0 Å². The summed E-state index contributed by atoms with van der Waals surface area (Å²) in [6.45, 7) is 8.85. The standard InChI is InChI=1S/C25H29FN4O/c1-24(2)14-19(15-25(3,4)29-24)27-23(31)21-16-30(20-8-6-5-7-9-20)28-22(21)17-10-12-18(26)13-11-17/h5-13,16,19,29H,14-15H2,1-4H3,(H,27,31)/p+1. The highest BCUT2D eigenvalue weighted by Gasteiger charge is 2.42. The summed E-state index contributed by atoms with van der Waals surface area (Å²) in [6, 6.07) is 15.8. The number of para-hydroxylation sites is 1. The Morgan fingerprint density at radius 3 is 2.26 bits per heavy atom. The predicted octanol–water partition coefficient (Wildman–Crippen LogP) is 3.69. The molecular weight excluding hydrogens is 391 g/mol. The molecule has 4 rings (SSSR count). The monoisotopic (exact) mass is 421 g/mol. The Hall–Kier alpha value is -2.99. The van der Waals surface area contributed by atoms with Crippen LogP contribution in [0.4, 0.5) is 4.39 Å². The van der Waals surface area contributed by atoms with Crippen molar-refractivity contribution in [1.82, 2.24) is 15.1 Å². The number of rotatable bonds is 4. The maximum atomic E-state index is 13.5. The summed E-state index contributed by atoms with van der Waals surface area (Å²) in [4.78, 5) is 13.4. The Balaban J connectivity index is 1.68. The van der Waals surface area contributed by atoms with Crippen LogP contribution in [0.1, 0.15) is 50.9 Å². The van der Waals surface area contributed by atoms with Crippen LogP contribution in [0, 0.1) is 5.82 Å². The zero-order valence-corrected chi connectivity index (χ0v) is 18.5. The fourth-order valence-electron chi connectivity index (χ4n) is 4.96. The van der Waals surface area contributed by atoms with Gasteiger partial charge in [0, 0.05) is 30.6 Å². The van der Waals surface area contributed by atoms with E-state index in [2.05, 4.69) is 43.4 Å². The van der Waals surface area contributed by atoms with E-state index in [1.54, 1.807) is 23.0 Å². The average Bonchev–Trinajstić information content (AvgIpc) is 3.12. The molecular formula is C25H30FN4O+. The first-order chi connectivity index (χ1) is 14.6. The molecule has 3 aromatic rings. The van der Waals surface area contributed by atoms with Gasteiger partial charge < -0.3 is 10.6 Å². The van der Waals surface area contributed by atoms with Gasteiger partial charge in [-0.15, -0.1) is 0 Å². The van der Waals surface area contributed by atoms with Crippen LogP contribution in [0.15, 0.2) is 60.8 Å². The van der Waals surface area contributed by atoms with Gasteiger partial charge in [0.1, 0.15) is 11.5 Å². The van der Waals surface area contributed by atoms with Crippen molar-refractivity contribution in [1.29, 1.82) is 0 Å². The number of piperidine rings is 1. The molecule has 0 atom stereocenters. The first kappa shape index (κ1) is 21.2. The van der Waals surface area contributed by atoms with Crippen molar-refractivity contribution in [2.45, 2.75) is 57.7 Å². The van der Waals surface area contributed by atoms with Crippen molar-refractivity contribution >= 4 is 5.91 Å². The third-order valence-corrected chi connectivity index (χ3v) is 5.76. The van der Waals surface area contributed by atoms with Gasteiger partial charge in [-0.2, -0.15) is 5.10 Å². The van der Waals surface area contributed by atoms with Crippen molar-refractivity contribution in [2.24, 2.45) is 0 Å². The predicted molar refractivity (Wildman–Crippen MR) is 120 cm³/mol. The minimum Gasteiger partial charge on any atom is -0.349 e. The highest BCUT2D eigenvalue weighted by molar-refractivity contribution is 6.00. The van der Waals surface area contributed by atoms with Gasteiger partial charge in [-0.25, -0.2) is 9.07 Å². The molecule has 1 fully saturated rings. The lowest BCUT2D eigenvalue weighted by molar-refractivity contribution is -0.787. The number of quaternary nitrogens is 1. The maximum absolute atomic E-state index is 13.5. The zero-order chi connectivity index (χ0) is 22.2. The van der Waals surface area contributed by atoms with E-state index in [0.29, 0.717) is 16.8 Å². The van der Waals surface area contributed by atoms with E-state index in [1.165, 1.54) is 12.1 Å². The summed E-state index contributed by atoms with van der Waals surface area (Å²) in [6.07, 6.45) is 3.54. The quantitative estimate of drug-likeness (QED) is 0.675. The second-order valence-corrected chi connectivity index (χ2v) is 9.88. The van der Waals surface area contributed by atoms with Crippen molar-refractivity contribution in [3.8, 4) is 16.9 Å². The zero-order valence-electron chi connectivity index (χ0n) is 18.5. The first-order valence-electron chi connectivity index (χ1n) is 10.7. The number of benzene rings is 2. The Labute approximate surface area is 182 Å². The molecule has 3 N–H and O–H groups in total. The van der Waals surface area contributed by atoms with Gasteiger partial charge in [0.2, 0.25) is 0 Å². The maximum Gasteiger partial charge on any atom is 0.255 e. The first-order valence-corrected chi connectivity index (χ1v) is 10.7. The van der Waals surface area contributed by atoms with Crippen LogP contribution in [0.5, 0.6) is 0 Å². The van der Waals surface area contributed by atoms with Crippen LogP contribution in [0.2, 0.25) is 0 Å². The SMILES string of the molecule is CC1(C)CC(NC(=O)c2cn(-c3ccccc3)nc2-c2ccc(F)cc2)CC(C)(C)[NH2+]1. The lowest BCUT2D eigenvalue weighted by atomic mass is 9.79. The number of amides is 1. The largest absolute Gasteiger partial charge is 0.349 e. The van der Waals surface area contributed by atoms with E-state index in [0.717, 1.165) is 18.5 Å². The molecule has 6 heteroatoms. The Morgan fingerprint density at radius 1 is 1.03 bits per heavy atom. The molecule has 5 nitrogen and oxygen atoms in total. The number of nitrogens with zero attached hydrogens (tertiary/aromatic N) is 2. The lowest BCUT2D eigenvalue weighted by Crippen LogP contribution is -3.06. The van der Waals surface area contributed by atoms with E-state index in [4.69, 9.17) is 0 Å². The van der Waals surface area contributed by atoms with Crippen molar-refractivity contribution in [3.05, 3.63) is 72.2 Å². The summed E-state index contributed by atoms with van der Waals surface area (Å²) in [5, 5.41) is 10.3. The van der Waals surface area contributed by atoms with Crippen LogP contribution < -0.4 is 10.6 Å². The fourth-order valence-corrected chi connectivity index (χ4v) is 4.96. The summed E-state index contributed by atoms with van der Waals surface area (Å²) in [5.74, 6) is -0.472. The van der Waals surface area contributed by atoms with Gasteiger partial charge in [0.05, 0.1) is 22.3 Å². The molecule has 1 aliphatic rings. The average molecular weight is 422 g/mol. The number of nitrogens with one attached hydrogen (secondary N) is 1. The summed E-state index contributed by atoms with van der Waals surface area (Å²) in [5.41, 5.74) is 2.70. The van der Waals surface area contributed by atoms with Crippen LogP contribution in [-0.2, 0) is 0 Å². The minimum atomic E-state index is -0.319. The number of nitrogens with two attached hydrogens (primary N) is 1. The van der Waals surface area contributed by atoms with Gasteiger partial charge in [-0.05, 0) is 64.1 Å². The summed E-state index contributed by atoms with van der Waals surface area (Å²) >= 11 is 0. The summed E-state index contributed by atoms with van der Waals surface area (Å²) < 4.78 is 15.2. The fraction of sp³-hybridized carbons (Fsp3) is 0.360. The van der Waals surface area contributed by atoms with E-state index < -0.39 is 0 Å². The van der Waals surface area contributed by atoms with Crippen LogP contribution in [0.25, 0.3) is 16.9 Å². The van der Waals surface area contributed by atoms with Gasteiger partial charge in [-0.3, -0.25) is 4.79 Å². The van der Waals surface area contributed by atoms with Crippen molar-refractivity contribution < 1.29 is 14.5 Å². The minimum absolute atomic E-state index is 0.0493. The molecule has 1 saturated heterocycles. The molecule has 0 spiro atoms. The third-order valence-electron chi connectivity index (χ3n) is 5.76. The number of carbonyl (C=O) groups excluding carboxylic acids is 1. The van der Waals surface area contributed by atoms with Gasteiger partial charge >= 0.3 is 0 Å². The highest BCUT2D eigenvalue weighted by Crippen LogP contribution is 2.26. The van der Waals surface area contributed by atoms with Crippen LogP contribution in [-0.4, -0.2) is 32.8 Å². The van der Waals surface area contributed by atoms with Gasteiger partial charge in [0.15, 0.2) is 0 Å². The molecule has 2 heterocycles. The number of aromatic nitrogens is 2. The molecule has 1 aromatic heterocycles. The number of halogens is 1. The molecule has 0 bridgehead atoms. The smallest absolute Gasteiger partial charge is 0.255 e. The topological polar surface area (TPSA) is 63.5 Å². The highest BCUT2D eigenvalue weighted by atomic mass is 19.1. The van der Waals surface area contributed by atoms with Gasteiger partial charge in [-0.1, -0.05) is 18.2 Å². The lowest BCUT2D eigenvalue weighted by Gasteiger charge is -2.43. The third kappa shape index (κ3) is 4.85. The van der Waals surface area contributed by atoms with E-state index in [1.807, 2.05) is 30.3 Å². The Kier molecular flexibility index (Phi) is 5.43. The molecule has 31 heavy (non-hydrogen) atoms. The molecule has 0 aliphatic carbocycles. The summed E-state index contributed by atoms with van der Waals surface area (Å²) in [7, 11) is 0. The van der Waals surface area contributed by atoms with Crippen LogP contribution >= 0.6 is 0 Å². The van der Waals surface area contributed by atoms with E-state index in [-0.39, 0.29) is 28.8 Å². The Morgan fingerprint density at radius 2 is 1.65 bits per heavy atom. The molecule has 0 saturated carbocycles. The molecule has 0 radical (unpaired) electrons. The van der Waals surface area contributed by atoms with Gasteiger partial charge in [0.25, 0.3) is 5.91 Å². The molecule has 1 amide bonds. The number of hydrogen-bond donors (Lipinski definition) is 2. The molecule has 2 aromatic carbocycles. The van der Waals surface area contributed by atoms with E-state index in [9.17, 15) is 9.18 Å². The molecule has 0 unspecified atom stereocenters. The molecule has 162 valence electrons. The normalized spacial score (nSPS) is 18.0.